The Hall–Kier alpha value is -0.720. The highest BCUT2D eigenvalue weighted by atomic mass is 15.1. The Kier molecular flexibility index (Phi) is 1.93. The molecule has 0 radical (unpaired) electrons. The fraction of sp³-hybridized carbons (Fsp3) is 0.500. The van der Waals surface area contributed by atoms with Crippen LogP contribution in [0.25, 0.3) is 0 Å². The summed E-state index contributed by atoms with van der Waals surface area (Å²) in [6, 6.07) is 0.595. The third-order valence-electron chi connectivity index (χ3n) is 1.42. The Morgan fingerprint density at radius 3 is 2.11 bits per heavy atom. The van der Waals surface area contributed by atoms with E-state index < -0.39 is 0 Å². The molecule has 1 aliphatic heterocycles. The first kappa shape index (κ1) is 6.40. The molecule has 1 heterocycles. The minimum Gasteiger partial charge on any atom is -0.352 e. The molecular formula is C8H13N. The van der Waals surface area contributed by atoms with Crippen molar-refractivity contribution >= 4 is 0 Å². The van der Waals surface area contributed by atoms with E-state index in [4.69, 9.17) is 0 Å². The van der Waals surface area contributed by atoms with Crippen molar-refractivity contribution in [1.29, 1.82) is 0 Å². The van der Waals surface area contributed by atoms with Crippen molar-refractivity contribution in [1.82, 2.24) is 4.90 Å². The van der Waals surface area contributed by atoms with Crippen molar-refractivity contribution in [3.63, 3.8) is 0 Å². The number of allylic oxidation sites excluding steroid dienone is 2. The first-order valence-corrected chi connectivity index (χ1v) is 3.41. The van der Waals surface area contributed by atoms with Gasteiger partial charge >= 0.3 is 0 Å². The fourth-order valence-electron chi connectivity index (χ4n) is 0.838. The van der Waals surface area contributed by atoms with E-state index in [1.807, 2.05) is 0 Å². The minimum atomic E-state index is 0.595. The van der Waals surface area contributed by atoms with Crippen LogP contribution in [-0.2, 0) is 0 Å². The molecule has 0 spiro atoms. The van der Waals surface area contributed by atoms with Crippen LogP contribution in [0.1, 0.15) is 20.3 Å². The van der Waals surface area contributed by atoms with E-state index in [1.165, 1.54) is 0 Å². The predicted molar refractivity (Wildman–Crippen MR) is 39.9 cm³/mol. The van der Waals surface area contributed by atoms with Crippen molar-refractivity contribution in [2.24, 2.45) is 0 Å². The van der Waals surface area contributed by atoms with Crippen molar-refractivity contribution in [2.75, 3.05) is 0 Å². The minimum absolute atomic E-state index is 0.595. The maximum Gasteiger partial charge on any atom is 0.0273 e. The van der Waals surface area contributed by atoms with Gasteiger partial charge in [-0.05, 0) is 20.3 Å². The maximum absolute atomic E-state index is 2.20. The molecule has 1 aliphatic rings. The Bertz CT molecular complexity index is 122. The van der Waals surface area contributed by atoms with Gasteiger partial charge in [0.1, 0.15) is 0 Å². The Labute approximate surface area is 56.7 Å². The lowest BCUT2D eigenvalue weighted by Crippen LogP contribution is -2.19. The molecule has 0 N–H and O–H groups in total. The SMILES string of the molecule is CC(C)N1C=CCC=C1. The molecule has 0 aliphatic carbocycles. The maximum atomic E-state index is 2.20. The van der Waals surface area contributed by atoms with Gasteiger partial charge in [0, 0.05) is 18.4 Å². The number of hydrogen-bond acceptors (Lipinski definition) is 1. The second-order valence-electron chi connectivity index (χ2n) is 2.55. The lowest BCUT2D eigenvalue weighted by molar-refractivity contribution is 0.411. The van der Waals surface area contributed by atoms with Crippen molar-refractivity contribution < 1.29 is 0 Å². The van der Waals surface area contributed by atoms with Gasteiger partial charge in [-0.2, -0.15) is 0 Å². The van der Waals surface area contributed by atoms with Gasteiger partial charge < -0.3 is 4.90 Å². The van der Waals surface area contributed by atoms with Gasteiger partial charge in [-0.15, -0.1) is 0 Å². The highest BCUT2D eigenvalue weighted by Gasteiger charge is 1.99. The fourth-order valence-corrected chi connectivity index (χ4v) is 0.838. The lowest BCUT2D eigenvalue weighted by Gasteiger charge is -2.21. The molecule has 0 bridgehead atoms. The molecule has 1 nitrogen and oxygen atoms in total. The van der Waals surface area contributed by atoms with Crippen LogP contribution in [0, 0.1) is 0 Å². The second kappa shape index (κ2) is 2.72. The van der Waals surface area contributed by atoms with Gasteiger partial charge in [-0.1, -0.05) is 12.2 Å². The van der Waals surface area contributed by atoms with Crippen LogP contribution in [0.15, 0.2) is 24.6 Å². The first-order chi connectivity index (χ1) is 4.30. The summed E-state index contributed by atoms with van der Waals surface area (Å²) in [6.45, 7) is 4.36. The van der Waals surface area contributed by atoms with E-state index in [0.29, 0.717) is 6.04 Å². The average molecular weight is 123 g/mol. The molecule has 0 fully saturated rings. The van der Waals surface area contributed by atoms with Crippen LogP contribution in [0.5, 0.6) is 0 Å². The molecule has 0 aromatic heterocycles. The molecular weight excluding hydrogens is 110 g/mol. The predicted octanol–water partition coefficient (Wildman–Crippen LogP) is 2.13. The monoisotopic (exact) mass is 123 g/mol. The number of rotatable bonds is 1. The smallest absolute Gasteiger partial charge is 0.0273 e. The highest BCUT2D eigenvalue weighted by Crippen LogP contribution is 2.05. The zero-order valence-corrected chi connectivity index (χ0v) is 6.04. The lowest BCUT2D eigenvalue weighted by atomic mass is 10.3. The molecule has 0 aromatic rings. The normalized spacial score (nSPS) is 17.4. The average Bonchev–Trinajstić information content (AvgIpc) is 1.90. The Morgan fingerprint density at radius 1 is 1.22 bits per heavy atom. The molecule has 0 unspecified atom stereocenters. The molecule has 0 atom stereocenters. The first-order valence-electron chi connectivity index (χ1n) is 3.41. The topological polar surface area (TPSA) is 3.24 Å². The van der Waals surface area contributed by atoms with Crippen molar-refractivity contribution in [2.45, 2.75) is 26.3 Å². The summed E-state index contributed by atoms with van der Waals surface area (Å²) in [5.74, 6) is 0. The summed E-state index contributed by atoms with van der Waals surface area (Å²) in [7, 11) is 0. The van der Waals surface area contributed by atoms with E-state index in [1.54, 1.807) is 0 Å². The van der Waals surface area contributed by atoms with Crippen LogP contribution < -0.4 is 0 Å². The van der Waals surface area contributed by atoms with Crippen molar-refractivity contribution in [3.8, 4) is 0 Å². The largest absolute Gasteiger partial charge is 0.352 e. The number of hydrogen-bond donors (Lipinski definition) is 0. The van der Waals surface area contributed by atoms with Gasteiger partial charge in [-0.25, -0.2) is 0 Å². The molecule has 0 saturated heterocycles. The molecule has 0 aromatic carbocycles. The van der Waals surface area contributed by atoms with Crippen LogP contribution in [0.4, 0.5) is 0 Å². The molecule has 1 rings (SSSR count). The van der Waals surface area contributed by atoms with Gasteiger partial charge in [0.25, 0.3) is 0 Å². The van der Waals surface area contributed by atoms with E-state index in [-0.39, 0.29) is 0 Å². The third-order valence-corrected chi connectivity index (χ3v) is 1.42. The second-order valence-corrected chi connectivity index (χ2v) is 2.55. The van der Waals surface area contributed by atoms with Gasteiger partial charge in [0.2, 0.25) is 0 Å². The highest BCUT2D eigenvalue weighted by molar-refractivity contribution is 5.02. The Balaban J connectivity index is 2.49. The van der Waals surface area contributed by atoms with Crippen LogP contribution >= 0.6 is 0 Å². The van der Waals surface area contributed by atoms with Crippen molar-refractivity contribution in [3.05, 3.63) is 24.6 Å². The quantitative estimate of drug-likeness (QED) is 0.516. The van der Waals surface area contributed by atoms with E-state index in [0.717, 1.165) is 6.42 Å². The Morgan fingerprint density at radius 2 is 1.78 bits per heavy atom. The van der Waals surface area contributed by atoms with Gasteiger partial charge in [-0.3, -0.25) is 0 Å². The van der Waals surface area contributed by atoms with Gasteiger partial charge in [0.05, 0.1) is 0 Å². The van der Waals surface area contributed by atoms with E-state index >= 15 is 0 Å². The third kappa shape index (κ3) is 1.60. The van der Waals surface area contributed by atoms with Crippen LogP contribution in [-0.4, -0.2) is 10.9 Å². The van der Waals surface area contributed by atoms with Crippen LogP contribution in [0.2, 0.25) is 0 Å². The summed E-state index contributed by atoms with van der Waals surface area (Å²) in [6.07, 6.45) is 9.68. The summed E-state index contributed by atoms with van der Waals surface area (Å²) in [5, 5.41) is 0. The van der Waals surface area contributed by atoms with Crippen LogP contribution in [0.3, 0.4) is 0 Å². The molecule has 50 valence electrons. The molecule has 9 heavy (non-hydrogen) atoms. The summed E-state index contributed by atoms with van der Waals surface area (Å²) >= 11 is 0. The van der Waals surface area contributed by atoms with Gasteiger partial charge in [0.15, 0.2) is 0 Å². The van der Waals surface area contributed by atoms with E-state index in [2.05, 4.69) is 43.3 Å². The summed E-state index contributed by atoms with van der Waals surface area (Å²) in [4.78, 5) is 2.20. The summed E-state index contributed by atoms with van der Waals surface area (Å²) < 4.78 is 0. The van der Waals surface area contributed by atoms with E-state index in [9.17, 15) is 0 Å². The molecule has 0 amide bonds. The number of nitrogens with zero attached hydrogens (tertiary/aromatic N) is 1. The zero-order valence-electron chi connectivity index (χ0n) is 6.04. The molecule has 1 heteroatoms. The summed E-state index contributed by atoms with van der Waals surface area (Å²) in [5.41, 5.74) is 0. The molecule has 0 saturated carbocycles. The zero-order chi connectivity index (χ0) is 6.69. The standard InChI is InChI=1S/C8H13N/c1-8(2)9-6-4-3-5-7-9/h4-8H,3H2,1-2H3.